The molecular weight excluding hydrogens is 354 g/mol. The maximum absolute atomic E-state index is 11.9. The molecule has 0 unspecified atom stereocenters. The molecule has 9 nitrogen and oxygen atoms in total. The second kappa shape index (κ2) is 11.1. The Morgan fingerprint density at radius 3 is 2.52 bits per heavy atom. The summed E-state index contributed by atoms with van der Waals surface area (Å²) in [6.07, 6.45) is -0.134. The van der Waals surface area contributed by atoms with Crippen molar-refractivity contribution in [2.24, 2.45) is 0 Å². The maximum atomic E-state index is 11.9. The lowest BCUT2D eigenvalue weighted by atomic mass is 10.1. The van der Waals surface area contributed by atoms with Gasteiger partial charge in [-0.15, -0.1) is 0 Å². The number of amides is 2. The van der Waals surface area contributed by atoms with Crippen molar-refractivity contribution in [2.45, 2.75) is 19.3 Å². The van der Waals surface area contributed by atoms with Crippen LogP contribution < -0.4 is 5.43 Å². The summed E-state index contributed by atoms with van der Waals surface area (Å²) in [6.45, 7) is 2.53. The van der Waals surface area contributed by atoms with E-state index < -0.39 is 12.1 Å². The van der Waals surface area contributed by atoms with Gasteiger partial charge in [-0.2, -0.15) is 0 Å². The molecular formula is C18H25N3O6. The van der Waals surface area contributed by atoms with Gasteiger partial charge in [0, 0.05) is 33.1 Å². The molecule has 27 heavy (non-hydrogen) atoms. The minimum Gasteiger partial charge on any atom is -0.379 e. The van der Waals surface area contributed by atoms with Crippen molar-refractivity contribution in [2.75, 3.05) is 39.9 Å². The molecule has 1 aromatic carbocycles. The molecule has 1 heterocycles. The number of aryl methyl sites for hydroxylation is 1. The zero-order valence-corrected chi connectivity index (χ0v) is 15.4. The van der Waals surface area contributed by atoms with E-state index in [1.54, 1.807) is 5.01 Å². The molecule has 2 amide bonds. The largest absolute Gasteiger partial charge is 0.452 e. The number of hydrogen-bond acceptors (Lipinski definition) is 7. The SMILES string of the molecule is CN(CCC(=O)NN1CCOCC1)C(=O)OOC(=O)CCc1ccccc1. The van der Waals surface area contributed by atoms with E-state index in [0.29, 0.717) is 32.7 Å². The van der Waals surface area contributed by atoms with Crippen molar-refractivity contribution in [1.82, 2.24) is 15.3 Å². The smallest absolute Gasteiger partial charge is 0.379 e. The van der Waals surface area contributed by atoms with Gasteiger partial charge in [-0.1, -0.05) is 30.3 Å². The molecule has 2 rings (SSSR count). The van der Waals surface area contributed by atoms with Crippen LogP contribution in [0.1, 0.15) is 18.4 Å². The van der Waals surface area contributed by atoms with Gasteiger partial charge in [0.1, 0.15) is 0 Å². The molecule has 0 saturated carbocycles. The summed E-state index contributed by atoms with van der Waals surface area (Å²) >= 11 is 0. The summed E-state index contributed by atoms with van der Waals surface area (Å²) < 4.78 is 5.20. The number of hydrogen-bond donors (Lipinski definition) is 1. The van der Waals surface area contributed by atoms with Gasteiger partial charge in [0.2, 0.25) is 5.91 Å². The molecule has 0 atom stereocenters. The predicted molar refractivity (Wildman–Crippen MR) is 95.1 cm³/mol. The zero-order valence-electron chi connectivity index (χ0n) is 15.4. The molecule has 1 fully saturated rings. The van der Waals surface area contributed by atoms with Crippen LogP contribution in [0.4, 0.5) is 4.79 Å². The average Bonchev–Trinajstić information content (AvgIpc) is 2.70. The Morgan fingerprint density at radius 1 is 1.11 bits per heavy atom. The van der Waals surface area contributed by atoms with Gasteiger partial charge in [0.05, 0.1) is 19.6 Å². The molecule has 9 heteroatoms. The van der Waals surface area contributed by atoms with Crippen LogP contribution in [0.3, 0.4) is 0 Å². The highest BCUT2D eigenvalue weighted by Gasteiger charge is 2.17. The average molecular weight is 379 g/mol. The lowest BCUT2D eigenvalue weighted by molar-refractivity contribution is -0.236. The van der Waals surface area contributed by atoms with Crippen LogP contribution in [0.15, 0.2) is 30.3 Å². The van der Waals surface area contributed by atoms with E-state index >= 15 is 0 Å². The highest BCUT2D eigenvalue weighted by atomic mass is 17.2. The van der Waals surface area contributed by atoms with Crippen LogP contribution in [-0.4, -0.2) is 67.8 Å². The summed E-state index contributed by atoms with van der Waals surface area (Å²) in [5, 5.41) is 1.78. The number of carbonyl (C=O) groups excluding carboxylic acids is 3. The minimum atomic E-state index is -0.831. The summed E-state index contributed by atoms with van der Waals surface area (Å²) in [4.78, 5) is 45.5. The molecule has 0 bridgehead atoms. The first-order valence-electron chi connectivity index (χ1n) is 8.83. The van der Waals surface area contributed by atoms with Crippen molar-refractivity contribution < 1.29 is 28.9 Å². The lowest BCUT2D eigenvalue weighted by Gasteiger charge is -2.27. The van der Waals surface area contributed by atoms with Gasteiger partial charge in [0.15, 0.2) is 0 Å². The second-order valence-electron chi connectivity index (χ2n) is 6.10. The van der Waals surface area contributed by atoms with E-state index in [1.807, 2.05) is 30.3 Å². The fourth-order valence-corrected chi connectivity index (χ4v) is 2.35. The van der Waals surface area contributed by atoms with Crippen molar-refractivity contribution in [3.63, 3.8) is 0 Å². The standard InChI is InChI=1S/C18H25N3O6/c1-20(10-9-16(22)19-21-11-13-25-14-12-21)18(24)27-26-17(23)8-7-15-5-3-2-4-6-15/h2-6H,7-14H2,1H3,(H,19,22). The molecule has 0 radical (unpaired) electrons. The molecule has 0 aliphatic carbocycles. The van der Waals surface area contributed by atoms with Gasteiger partial charge in [-0.3, -0.25) is 10.2 Å². The molecule has 1 saturated heterocycles. The summed E-state index contributed by atoms with van der Waals surface area (Å²) in [6, 6.07) is 9.44. The number of rotatable bonds is 7. The predicted octanol–water partition coefficient (Wildman–Crippen LogP) is 0.899. The maximum Gasteiger partial charge on any atom is 0.452 e. The number of ether oxygens (including phenoxy) is 1. The monoisotopic (exact) mass is 379 g/mol. The Kier molecular flexibility index (Phi) is 8.53. The Morgan fingerprint density at radius 2 is 1.81 bits per heavy atom. The third-order valence-electron chi connectivity index (χ3n) is 3.95. The van der Waals surface area contributed by atoms with Gasteiger partial charge < -0.3 is 9.64 Å². The molecule has 0 spiro atoms. The number of hydrazine groups is 1. The third kappa shape index (κ3) is 8.06. The van der Waals surface area contributed by atoms with E-state index in [2.05, 4.69) is 15.2 Å². The van der Waals surface area contributed by atoms with Crippen molar-refractivity contribution >= 4 is 18.0 Å². The van der Waals surface area contributed by atoms with Gasteiger partial charge >= 0.3 is 12.1 Å². The normalized spacial score (nSPS) is 14.3. The van der Waals surface area contributed by atoms with Crippen LogP contribution >= 0.6 is 0 Å². The topological polar surface area (TPSA) is 97.4 Å². The fourth-order valence-electron chi connectivity index (χ4n) is 2.35. The Hall–Kier alpha value is -2.65. The molecule has 1 aromatic rings. The summed E-state index contributed by atoms with van der Waals surface area (Å²) in [5.74, 6) is -0.845. The van der Waals surface area contributed by atoms with Crippen molar-refractivity contribution in [3.8, 4) is 0 Å². The number of morpholine rings is 1. The third-order valence-corrected chi connectivity index (χ3v) is 3.95. The van der Waals surface area contributed by atoms with E-state index in [4.69, 9.17) is 4.74 Å². The highest BCUT2D eigenvalue weighted by Crippen LogP contribution is 2.04. The summed E-state index contributed by atoms with van der Waals surface area (Å²) in [5.41, 5.74) is 3.74. The number of nitrogens with zero attached hydrogens (tertiary/aromatic N) is 2. The van der Waals surface area contributed by atoms with E-state index in [-0.39, 0.29) is 25.3 Å². The Bertz CT molecular complexity index is 619. The molecule has 1 N–H and O–H groups in total. The van der Waals surface area contributed by atoms with Gasteiger partial charge in [-0.05, 0) is 12.0 Å². The zero-order chi connectivity index (χ0) is 19.5. The Balaban J connectivity index is 1.58. The first-order chi connectivity index (χ1) is 13.0. The van der Waals surface area contributed by atoms with E-state index in [9.17, 15) is 14.4 Å². The van der Waals surface area contributed by atoms with Crippen LogP contribution in [0, 0.1) is 0 Å². The lowest BCUT2D eigenvalue weighted by Crippen LogP contribution is -2.49. The first-order valence-corrected chi connectivity index (χ1v) is 8.83. The van der Waals surface area contributed by atoms with Crippen molar-refractivity contribution in [3.05, 3.63) is 35.9 Å². The molecule has 0 aromatic heterocycles. The first kappa shape index (κ1) is 20.7. The quantitative estimate of drug-likeness (QED) is 0.555. The molecule has 1 aliphatic rings. The molecule has 1 aliphatic heterocycles. The molecule has 148 valence electrons. The van der Waals surface area contributed by atoms with Crippen LogP contribution in [-0.2, 0) is 30.5 Å². The number of carbonyl (C=O) groups is 3. The van der Waals surface area contributed by atoms with E-state index in [0.717, 1.165) is 5.56 Å². The minimum absolute atomic E-state index is 0.100. The highest BCUT2D eigenvalue weighted by molar-refractivity contribution is 5.76. The fraction of sp³-hybridized carbons (Fsp3) is 0.500. The second-order valence-corrected chi connectivity index (χ2v) is 6.10. The number of benzene rings is 1. The van der Waals surface area contributed by atoms with Gasteiger partial charge in [0.25, 0.3) is 0 Å². The van der Waals surface area contributed by atoms with Crippen LogP contribution in [0.5, 0.6) is 0 Å². The van der Waals surface area contributed by atoms with Crippen LogP contribution in [0.25, 0.3) is 0 Å². The van der Waals surface area contributed by atoms with Crippen LogP contribution in [0.2, 0.25) is 0 Å². The Labute approximate surface area is 158 Å². The van der Waals surface area contributed by atoms with Crippen molar-refractivity contribution in [1.29, 1.82) is 0 Å². The number of nitrogens with one attached hydrogen (secondary N) is 1. The van der Waals surface area contributed by atoms with Gasteiger partial charge in [-0.25, -0.2) is 24.4 Å². The van der Waals surface area contributed by atoms with E-state index in [1.165, 1.54) is 11.9 Å². The summed E-state index contributed by atoms with van der Waals surface area (Å²) in [7, 11) is 1.46.